The van der Waals surface area contributed by atoms with Crippen LogP contribution in [0.1, 0.15) is 58.4 Å². The molecule has 0 saturated heterocycles. The molecule has 4 nitrogen and oxygen atoms in total. The van der Waals surface area contributed by atoms with E-state index in [1.165, 1.54) is 18.6 Å². The summed E-state index contributed by atoms with van der Waals surface area (Å²) in [5.41, 5.74) is -1.38. The van der Waals surface area contributed by atoms with E-state index in [2.05, 4.69) is 6.07 Å². The largest absolute Gasteiger partial charge is 0.459 e. The fourth-order valence-electron chi connectivity index (χ4n) is 3.36. The summed E-state index contributed by atoms with van der Waals surface area (Å²) in [4.78, 5) is 25.5. The number of benzene rings is 1. The lowest BCUT2D eigenvalue weighted by Gasteiger charge is -2.27. The minimum atomic E-state index is -1.51. The van der Waals surface area contributed by atoms with Crippen LogP contribution >= 0.6 is 0 Å². The zero-order valence-electron chi connectivity index (χ0n) is 16.5. The van der Waals surface area contributed by atoms with Gasteiger partial charge in [0, 0.05) is 12.3 Å². The lowest BCUT2D eigenvalue weighted by molar-refractivity contribution is -0.161. The number of ketones is 1. The summed E-state index contributed by atoms with van der Waals surface area (Å²) < 4.78 is 5.52. The monoisotopic (exact) mass is 367 g/mol. The normalized spacial score (nSPS) is 17.9. The van der Waals surface area contributed by atoms with Crippen molar-refractivity contribution in [3.05, 3.63) is 48.0 Å². The Morgan fingerprint density at radius 2 is 1.78 bits per heavy atom. The van der Waals surface area contributed by atoms with Crippen molar-refractivity contribution in [2.24, 2.45) is 11.3 Å². The lowest BCUT2D eigenvalue weighted by atomic mass is 9.80. The third-order valence-electron chi connectivity index (χ3n) is 4.83. The fraction of sp³-hybridized carbons (Fsp3) is 0.522. The van der Waals surface area contributed by atoms with Crippen LogP contribution in [0.25, 0.3) is 0 Å². The predicted molar refractivity (Wildman–Crippen MR) is 105 cm³/mol. The van der Waals surface area contributed by atoms with Gasteiger partial charge in [0.25, 0.3) is 0 Å². The van der Waals surface area contributed by atoms with Crippen LogP contribution in [0.5, 0.6) is 0 Å². The highest BCUT2D eigenvalue weighted by molar-refractivity contribution is 5.93. The molecule has 0 aliphatic heterocycles. The molecule has 1 aliphatic carbocycles. The van der Waals surface area contributed by atoms with E-state index in [1.807, 2.05) is 30.3 Å². The zero-order chi connectivity index (χ0) is 19.9. The van der Waals surface area contributed by atoms with E-state index in [1.54, 1.807) is 20.8 Å². The number of carbonyl (C=O) groups is 2. The Hall–Kier alpha value is -2.41. The molecule has 1 atom stereocenters. The Bertz CT molecular complexity index is 718. The van der Waals surface area contributed by atoms with E-state index in [0.29, 0.717) is 0 Å². The predicted octanol–water partition coefficient (Wildman–Crippen LogP) is 4.79. The van der Waals surface area contributed by atoms with E-state index in [9.17, 15) is 14.9 Å². The maximum absolute atomic E-state index is 12.9. The number of rotatable bonds is 6. The highest BCUT2D eigenvalue weighted by Gasteiger charge is 2.40. The first-order valence-electron chi connectivity index (χ1n) is 9.67. The number of hydrogen-bond donors (Lipinski definition) is 0. The average Bonchev–Trinajstić information content (AvgIpc) is 2.65. The van der Waals surface area contributed by atoms with Gasteiger partial charge in [0.05, 0.1) is 6.07 Å². The second-order valence-corrected chi connectivity index (χ2v) is 8.32. The Morgan fingerprint density at radius 1 is 1.15 bits per heavy atom. The van der Waals surface area contributed by atoms with Gasteiger partial charge in [0.15, 0.2) is 11.2 Å². The number of ether oxygens (including phenoxy) is 1. The Morgan fingerprint density at radius 3 is 2.33 bits per heavy atom. The van der Waals surface area contributed by atoms with Gasteiger partial charge in [-0.25, -0.2) is 4.79 Å². The molecule has 0 unspecified atom stereocenters. The first-order chi connectivity index (χ1) is 12.8. The molecule has 4 heteroatoms. The Labute approximate surface area is 162 Å². The van der Waals surface area contributed by atoms with Crippen molar-refractivity contribution in [2.45, 2.75) is 64.9 Å². The van der Waals surface area contributed by atoms with Crippen LogP contribution in [0, 0.1) is 22.7 Å². The number of nitrogens with zero attached hydrogens (tertiary/aromatic N) is 1. The van der Waals surface area contributed by atoms with Crippen LogP contribution in [-0.2, 0) is 20.7 Å². The van der Waals surface area contributed by atoms with Crippen molar-refractivity contribution >= 4 is 11.8 Å². The Kier molecular flexibility index (Phi) is 6.96. The van der Waals surface area contributed by atoms with Crippen LogP contribution in [-0.4, -0.2) is 17.4 Å². The van der Waals surface area contributed by atoms with E-state index in [0.717, 1.165) is 31.2 Å². The van der Waals surface area contributed by atoms with E-state index < -0.39 is 17.0 Å². The molecule has 1 saturated carbocycles. The van der Waals surface area contributed by atoms with E-state index in [4.69, 9.17) is 4.74 Å². The summed E-state index contributed by atoms with van der Waals surface area (Å²) in [7, 11) is 0. The molecule has 0 spiro atoms. The molecule has 0 bridgehead atoms. The van der Waals surface area contributed by atoms with Crippen LogP contribution in [0.3, 0.4) is 0 Å². The molecule has 1 aromatic rings. The highest BCUT2D eigenvalue weighted by Crippen LogP contribution is 2.30. The van der Waals surface area contributed by atoms with Crippen molar-refractivity contribution < 1.29 is 14.3 Å². The molecule has 1 aromatic carbocycles. The highest BCUT2D eigenvalue weighted by atomic mass is 16.6. The van der Waals surface area contributed by atoms with Gasteiger partial charge in [-0.15, -0.1) is 0 Å². The molecule has 0 heterocycles. The molecule has 0 amide bonds. The van der Waals surface area contributed by atoms with Crippen molar-refractivity contribution in [3.8, 4) is 6.07 Å². The van der Waals surface area contributed by atoms with Crippen molar-refractivity contribution in [2.75, 3.05) is 0 Å². The molecule has 0 radical (unpaired) electrons. The summed E-state index contributed by atoms with van der Waals surface area (Å²) in [6.07, 6.45) is 8.13. The van der Waals surface area contributed by atoms with Crippen LogP contribution in [0.4, 0.5) is 0 Å². The first-order valence-corrected chi connectivity index (χ1v) is 9.67. The van der Waals surface area contributed by atoms with Gasteiger partial charge in [0.1, 0.15) is 5.60 Å². The summed E-state index contributed by atoms with van der Waals surface area (Å²) in [6.45, 7) is 5.31. The van der Waals surface area contributed by atoms with Crippen LogP contribution in [0.15, 0.2) is 42.5 Å². The SMILES string of the molecule is CC(C)(C)OC(=O)[C@@](C#N)(/C=C/C(=O)C1CCCCC1)Cc1ccccc1. The van der Waals surface area contributed by atoms with Crippen molar-refractivity contribution in [1.82, 2.24) is 0 Å². The first kappa shape index (κ1) is 20.9. The molecule has 0 N–H and O–H groups in total. The summed E-state index contributed by atoms with van der Waals surface area (Å²) in [5.74, 6) is -0.609. The topological polar surface area (TPSA) is 67.2 Å². The lowest BCUT2D eigenvalue weighted by Crippen LogP contribution is -2.37. The number of carbonyl (C=O) groups excluding carboxylic acids is 2. The molecule has 2 rings (SSSR count). The molecular weight excluding hydrogens is 338 g/mol. The van der Waals surface area contributed by atoms with Gasteiger partial charge in [0.2, 0.25) is 0 Å². The second-order valence-electron chi connectivity index (χ2n) is 8.32. The fourth-order valence-corrected chi connectivity index (χ4v) is 3.36. The molecule has 27 heavy (non-hydrogen) atoms. The van der Waals surface area contributed by atoms with Gasteiger partial charge in [-0.05, 0) is 51.3 Å². The maximum Gasteiger partial charge on any atom is 0.331 e. The van der Waals surface area contributed by atoms with E-state index >= 15 is 0 Å². The summed E-state index contributed by atoms with van der Waals surface area (Å²) in [6, 6.07) is 11.5. The maximum atomic E-state index is 12.9. The average molecular weight is 367 g/mol. The third kappa shape index (κ3) is 6.06. The summed E-state index contributed by atoms with van der Waals surface area (Å²) in [5, 5.41) is 9.91. The third-order valence-corrected chi connectivity index (χ3v) is 4.83. The molecule has 1 fully saturated rings. The smallest absolute Gasteiger partial charge is 0.331 e. The number of nitriles is 1. The van der Waals surface area contributed by atoms with Gasteiger partial charge >= 0.3 is 5.97 Å². The number of esters is 1. The van der Waals surface area contributed by atoms with Gasteiger partial charge in [-0.2, -0.15) is 5.26 Å². The standard InChI is InChI=1S/C23H29NO3/c1-22(2,3)27-21(26)23(17-24,16-18-10-6-4-7-11-18)15-14-20(25)19-12-8-5-9-13-19/h4,6-7,10-11,14-15,19H,5,8-9,12-13,16H2,1-3H3/b15-14+/t23-/m0/s1. The molecule has 0 aromatic heterocycles. The van der Waals surface area contributed by atoms with Crippen LogP contribution in [0.2, 0.25) is 0 Å². The van der Waals surface area contributed by atoms with Crippen molar-refractivity contribution in [1.29, 1.82) is 5.26 Å². The zero-order valence-corrected chi connectivity index (χ0v) is 16.5. The van der Waals surface area contributed by atoms with Gasteiger partial charge in [-0.3, -0.25) is 4.79 Å². The number of hydrogen-bond acceptors (Lipinski definition) is 4. The van der Waals surface area contributed by atoms with Crippen LogP contribution < -0.4 is 0 Å². The van der Waals surface area contributed by atoms with Gasteiger partial charge in [-0.1, -0.05) is 49.6 Å². The van der Waals surface area contributed by atoms with E-state index in [-0.39, 0.29) is 18.1 Å². The summed E-state index contributed by atoms with van der Waals surface area (Å²) >= 11 is 0. The molecule has 144 valence electrons. The molecule has 1 aliphatic rings. The van der Waals surface area contributed by atoms with Gasteiger partial charge < -0.3 is 4.74 Å². The minimum Gasteiger partial charge on any atom is -0.459 e. The quantitative estimate of drug-likeness (QED) is 0.536. The van der Waals surface area contributed by atoms with Crippen molar-refractivity contribution in [3.63, 3.8) is 0 Å². The number of allylic oxidation sites excluding steroid dienone is 1. The second kappa shape index (κ2) is 8.99. The molecular formula is C23H29NO3. The Balaban J connectivity index is 2.29. The minimum absolute atomic E-state index is 0.00162.